The highest BCUT2D eigenvalue weighted by atomic mass is 16.3. The van der Waals surface area contributed by atoms with Gasteiger partial charge >= 0.3 is 0 Å². The Hall–Kier alpha value is -1.95. The van der Waals surface area contributed by atoms with Gasteiger partial charge < -0.3 is 10.0 Å². The summed E-state index contributed by atoms with van der Waals surface area (Å²) in [5.41, 5.74) is 2.20. The molecule has 0 bridgehead atoms. The Morgan fingerprint density at radius 3 is 2.59 bits per heavy atom. The first kappa shape index (κ1) is 16.4. The fourth-order valence-electron chi connectivity index (χ4n) is 2.35. The van der Waals surface area contributed by atoms with E-state index in [4.69, 9.17) is 5.11 Å². The van der Waals surface area contributed by atoms with Crippen LogP contribution in [0.15, 0.2) is 12.3 Å². The minimum atomic E-state index is -0.119. The van der Waals surface area contributed by atoms with Gasteiger partial charge in [0.1, 0.15) is 0 Å². The Kier molecular flexibility index (Phi) is 4.81. The van der Waals surface area contributed by atoms with Crippen LogP contribution in [-0.4, -0.2) is 50.9 Å². The number of hydrogen-bond donors (Lipinski definition) is 1. The van der Waals surface area contributed by atoms with Crippen LogP contribution in [0.25, 0.3) is 11.0 Å². The summed E-state index contributed by atoms with van der Waals surface area (Å²) in [4.78, 5) is 18.9. The molecule has 0 unspecified atom stereocenters. The molecule has 2 heterocycles. The first-order chi connectivity index (χ1) is 10.4. The molecular weight excluding hydrogens is 280 g/mol. The van der Waals surface area contributed by atoms with Crippen LogP contribution in [0.3, 0.4) is 0 Å². The minimum absolute atomic E-state index is 0.0568. The predicted octanol–water partition coefficient (Wildman–Crippen LogP) is 2.20. The molecule has 2 rings (SSSR count). The number of amides is 1. The van der Waals surface area contributed by atoms with E-state index in [2.05, 4.69) is 23.9 Å². The van der Waals surface area contributed by atoms with Crippen molar-refractivity contribution in [2.24, 2.45) is 0 Å². The first-order valence-electron chi connectivity index (χ1n) is 7.61. The maximum absolute atomic E-state index is 12.7. The van der Waals surface area contributed by atoms with Crippen LogP contribution in [0.4, 0.5) is 0 Å². The predicted molar refractivity (Wildman–Crippen MR) is 86.0 cm³/mol. The molecule has 0 radical (unpaired) electrons. The molecule has 22 heavy (non-hydrogen) atoms. The summed E-state index contributed by atoms with van der Waals surface area (Å²) in [6.45, 7) is 8.42. The number of carbonyl (C=O) groups is 1. The van der Waals surface area contributed by atoms with Gasteiger partial charge in [0.15, 0.2) is 5.65 Å². The van der Waals surface area contributed by atoms with Crippen molar-refractivity contribution in [2.45, 2.75) is 39.7 Å². The molecular formula is C16H24N4O2. The molecule has 0 saturated carbocycles. The molecule has 0 aliphatic carbocycles. The molecule has 0 saturated heterocycles. The second kappa shape index (κ2) is 6.44. The van der Waals surface area contributed by atoms with Crippen LogP contribution < -0.4 is 0 Å². The lowest BCUT2D eigenvalue weighted by Gasteiger charge is -2.17. The molecule has 0 aliphatic heterocycles. The molecule has 0 aromatic carbocycles. The zero-order valence-corrected chi connectivity index (χ0v) is 13.9. The zero-order valence-electron chi connectivity index (χ0n) is 13.9. The van der Waals surface area contributed by atoms with E-state index in [1.807, 2.05) is 24.6 Å². The van der Waals surface area contributed by atoms with Gasteiger partial charge in [-0.3, -0.25) is 4.79 Å². The van der Waals surface area contributed by atoms with Gasteiger partial charge in [0.05, 0.1) is 23.8 Å². The lowest BCUT2D eigenvalue weighted by Crippen LogP contribution is -2.29. The molecule has 2 aromatic rings. The summed E-state index contributed by atoms with van der Waals surface area (Å²) in [5, 5.41) is 14.2. The number of hydrogen-bond acceptors (Lipinski definition) is 4. The van der Waals surface area contributed by atoms with Crippen LogP contribution in [-0.2, 0) is 0 Å². The number of likely N-dealkylation sites (N-methyl/N-ethyl adjacent to an activating group) is 1. The number of carbonyl (C=O) groups excluding carboxylic acids is 1. The normalized spacial score (nSPS) is 11.6. The van der Waals surface area contributed by atoms with Crippen molar-refractivity contribution in [3.05, 3.63) is 23.5 Å². The molecule has 0 aliphatic rings. The average molecular weight is 304 g/mol. The number of pyridine rings is 1. The van der Waals surface area contributed by atoms with E-state index in [1.165, 1.54) is 4.90 Å². The summed E-state index contributed by atoms with van der Waals surface area (Å²) in [6, 6.07) is 2.01. The van der Waals surface area contributed by atoms with E-state index < -0.39 is 0 Å². The lowest BCUT2D eigenvalue weighted by molar-refractivity contribution is 0.0768. The molecule has 6 heteroatoms. The Morgan fingerprint density at radius 1 is 1.36 bits per heavy atom. The Labute approximate surface area is 130 Å². The summed E-state index contributed by atoms with van der Waals surface area (Å²) in [7, 11) is 1.69. The van der Waals surface area contributed by atoms with Gasteiger partial charge in [-0.1, -0.05) is 13.8 Å². The number of aliphatic hydroxyl groups is 1. The van der Waals surface area contributed by atoms with Crippen molar-refractivity contribution in [3.63, 3.8) is 0 Å². The molecule has 1 amide bonds. The van der Waals surface area contributed by atoms with E-state index in [0.717, 1.165) is 16.7 Å². The fraction of sp³-hybridized carbons (Fsp3) is 0.562. The van der Waals surface area contributed by atoms with E-state index in [1.54, 1.807) is 13.2 Å². The number of rotatable bonds is 5. The summed E-state index contributed by atoms with van der Waals surface area (Å²) in [6.07, 6.45) is 1.70. The Bertz CT molecular complexity index is 676. The third-order valence-electron chi connectivity index (χ3n) is 3.68. The SMILES string of the molecule is CC(C)c1cc(C(=O)N(C)CCO)c2cnn(C(C)C)c2n1. The minimum Gasteiger partial charge on any atom is -0.395 e. The third-order valence-corrected chi connectivity index (χ3v) is 3.68. The molecule has 1 N–H and O–H groups in total. The summed E-state index contributed by atoms with van der Waals surface area (Å²) in [5.74, 6) is 0.0984. The van der Waals surface area contributed by atoms with Crippen molar-refractivity contribution in [1.82, 2.24) is 19.7 Å². The highest BCUT2D eigenvalue weighted by Crippen LogP contribution is 2.25. The van der Waals surface area contributed by atoms with E-state index in [-0.39, 0.29) is 24.5 Å². The van der Waals surface area contributed by atoms with E-state index in [0.29, 0.717) is 12.1 Å². The number of aromatic nitrogens is 3. The smallest absolute Gasteiger partial charge is 0.254 e. The van der Waals surface area contributed by atoms with Crippen LogP contribution >= 0.6 is 0 Å². The second-order valence-corrected chi connectivity index (χ2v) is 6.12. The van der Waals surface area contributed by atoms with Crippen LogP contribution in [0.5, 0.6) is 0 Å². The fourth-order valence-corrected chi connectivity index (χ4v) is 2.35. The third kappa shape index (κ3) is 2.97. The number of nitrogens with zero attached hydrogens (tertiary/aromatic N) is 4. The van der Waals surface area contributed by atoms with Crippen LogP contribution in [0.2, 0.25) is 0 Å². The molecule has 0 atom stereocenters. The Balaban J connectivity index is 2.64. The highest BCUT2D eigenvalue weighted by molar-refractivity contribution is 6.05. The van der Waals surface area contributed by atoms with Crippen LogP contribution in [0.1, 0.15) is 55.7 Å². The van der Waals surface area contributed by atoms with Crippen molar-refractivity contribution < 1.29 is 9.90 Å². The topological polar surface area (TPSA) is 71.2 Å². The average Bonchev–Trinajstić information content (AvgIpc) is 2.89. The molecule has 0 spiro atoms. The van der Waals surface area contributed by atoms with Crippen LogP contribution in [0, 0.1) is 0 Å². The van der Waals surface area contributed by atoms with Gasteiger partial charge in [0, 0.05) is 25.3 Å². The van der Waals surface area contributed by atoms with Gasteiger partial charge in [0.2, 0.25) is 0 Å². The molecule has 2 aromatic heterocycles. The molecule has 0 fully saturated rings. The van der Waals surface area contributed by atoms with Gasteiger partial charge in [-0.25, -0.2) is 9.67 Å². The first-order valence-corrected chi connectivity index (χ1v) is 7.61. The number of fused-ring (bicyclic) bond motifs is 1. The quantitative estimate of drug-likeness (QED) is 0.919. The Morgan fingerprint density at radius 2 is 2.05 bits per heavy atom. The largest absolute Gasteiger partial charge is 0.395 e. The summed E-state index contributed by atoms with van der Waals surface area (Å²) >= 11 is 0. The molecule has 6 nitrogen and oxygen atoms in total. The highest BCUT2D eigenvalue weighted by Gasteiger charge is 2.20. The maximum Gasteiger partial charge on any atom is 0.254 e. The van der Waals surface area contributed by atoms with Gasteiger partial charge in [0.25, 0.3) is 5.91 Å². The van der Waals surface area contributed by atoms with Crippen molar-refractivity contribution in [1.29, 1.82) is 0 Å². The number of aliphatic hydroxyl groups excluding tert-OH is 1. The second-order valence-electron chi connectivity index (χ2n) is 6.12. The molecule has 120 valence electrons. The van der Waals surface area contributed by atoms with Gasteiger partial charge in [-0.15, -0.1) is 0 Å². The van der Waals surface area contributed by atoms with Crippen molar-refractivity contribution in [3.8, 4) is 0 Å². The van der Waals surface area contributed by atoms with Crippen molar-refractivity contribution in [2.75, 3.05) is 20.2 Å². The van der Waals surface area contributed by atoms with Gasteiger partial charge in [-0.2, -0.15) is 5.10 Å². The van der Waals surface area contributed by atoms with Gasteiger partial charge in [-0.05, 0) is 25.8 Å². The standard InChI is InChI=1S/C16H24N4O2/c1-10(2)14-8-12(16(22)19(5)6-7-21)13-9-17-20(11(3)4)15(13)18-14/h8-11,21H,6-7H2,1-5H3. The van der Waals surface area contributed by atoms with E-state index in [9.17, 15) is 4.79 Å². The van der Waals surface area contributed by atoms with E-state index >= 15 is 0 Å². The zero-order chi connectivity index (χ0) is 16.4. The monoisotopic (exact) mass is 304 g/mol. The maximum atomic E-state index is 12.7. The van der Waals surface area contributed by atoms with Crippen molar-refractivity contribution >= 4 is 16.9 Å². The lowest BCUT2D eigenvalue weighted by atomic mass is 10.0. The summed E-state index contributed by atoms with van der Waals surface area (Å²) < 4.78 is 1.84.